The van der Waals surface area contributed by atoms with Crippen LogP contribution in [0.2, 0.25) is 0 Å². The molecule has 0 aromatic heterocycles. The summed E-state index contributed by atoms with van der Waals surface area (Å²) in [6.07, 6.45) is 3.18. The predicted octanol–water partition coefficient (Wildman–Crippen LogP) is 3.21. The van der Waals surface area contributed by atoms with Crippen LogP contribution in [-0.2, 0) is 0 Å². The molecule has 1 nitrogen and oxygen atoms in total. The molecule has 13 heavy (non-hydrogen) atoms. The van der Waals surface area contributed by atoms with Crippen LogP contribution in [0.3, 0.4) is 0 Å². The normalized spacial score (nSPS) is 11.7. The lowest BCUT2D eigenvalue weighted by atomic mass is 10.2. The highest BCUT2D eigenvalue weighted by molar-refractivity contribution is 8.13. The summed E-state index contributed by atoms with van der Waals surface area (Å²) in [7, 11) is 0. The molecule has 0 aliphatic carbocycles. The van der Waals surface area contributed by atoms with Gasteiger partial charge in [0.1, 0.15) is 0 Å². The molecule has 0 fully saturated rings. The van der Waals surface area contributed by atoms with Crippen molar-refractivity contribution in [1.82, 2.24) is 0 Å². The summed E-state index contributed by atoms with van der Waals surface area (Å²) in [6.45, 7) is 3.07. The van der Waals surface area contributed by atoms with Crippen LogP contribution in [0.4, 0.5) is 0 Å². The number of nitrogens with zero attached hydrogens (tertiary/aromatic N) is 1. The van der Waals surface area contributed by atoms with Gasteiger partial charge in [-0.1, -0.05) is 37.3 Å². The second kappa shape index (κ2) is 5.81. The van der Waals surface area contributed by atoms with Gasteiger partial charge in [-0.3, -0.25) is 4.99 Å². The first-order valence-electron chi connectivity index (χ1n) is 4.52. The molecule has 0 saturated heterocycles. The lowest BCUT2D eigenvalue weighted by molar-refractivity contribution is 0.936. The molecular weight excluding hydrogens is 178 g/mol. The van der Waals surface area contributed by atoms with Crippen molar-refractivity contribution in [3.05, 3.63) is 35.9 Å². The van der Waals surface area contributed by atoms with Gasteiger partial charge in [0.15, 0.2) is 0 Å². The Morgan fingerprint density at radius 1 is 1.31 bits per heavy atom. The van der Waals surface area contributed by atoms with Gasteiger partial charge in [0, 0.05) is 12.1 Å². The molecule has 0 aliphatic rings. The molecule has 0 heterocycles. The van der Waals surface area contributed by atoms with Gasteiger partial charge in [-0.2, -0.15) is 0 Å². The molecule has 0 atom stereocenters. The Hall–Kier alpha value is -0.760. The van der Waals surface area contributed by atoms with Gasteiger partial charge < -0.3 is 0 Å². The van der Waals surface area contributed by atoms with Crippen molar-refractivity contribution in [2.45, 2.75) is 13.3 Å². The Morgan fingerprint density at radius 3 is 2.54 bits per heavy atom. The Bertz CT molecular complexity index is 267. The van der Waals surface area contributed by atoms with Gasteiger partial charge in [-0.15, -0.1) is 11.8 Å². The van der Waals surface area contributed by atoms with E-state index in [1.54, 1.807) is 11.8 Å². The van der Waals surface area contributed by atoms with Crippen LogP contribution in [0.25, 0.3) is 0 Å². The minimum Gasteiger partial charge on any atom is -0.278 e. The SMILES string of the molecule is CCCN=C(SC)c1ccccc1. The van der Waals surface area contributed by atoms with Gasteiger partial charge in [0.05, 0.1) is 5.04 Å². The first-order valence-corrected chi connectivity index (χ1v) is 5.74. The average Bonchev–Trinajstić information content (AvgIpc) is 2.21. The van der Waals surface area contributed by atoms with Crippen LogP contribution in [0, 0.1) is 0 Å². The number of hydrogen-bond acceptors (Lipinski definition) is 2. The second-order valence-corrected chi connectivity index (χ2v) is 3.55. The van der Waals surface area contributed by atoms with E-state index in [2.05, 4.69) is 30.3 Å². The van der Waals surface area contributed by atoms with E-state index in [0.29, 0.717) is 0 Å². The van der Waals surface area contributed by atoms with E-state index >= 15 is 0 Å². The third-order valence-corrected chi connectivity index (χ3v) is 2.44. The summed E-state index contributed by atoms with van der Waals surface area (Å²) >= 11 is 1.71. The van der Waals surface area contributed by atoms with Crippen LogP contribution >= 0.6 is 11.8 Å². The maximum Gasteiger partial charge on any atom is 0.0974 e. The Kier molecular flexibility index (Phi) is 4.61. The van der Waals surface area contributed by atoms with E-state index < -0.39 is 0 Å². The van der Waals surface area contributed by atoms with E-state index in [-0.39, 0.29) is 0 Å². The quantitative estimate of drug-likeness (QED) is 0.530. The van der Waals surface area contributed by atoms with E-state index in [1.165, 1.54) is 5.56 Å². The fourth-order valence-electron chi connectivity index (χ4n) is 1.07. The van der Waals surface area contributed by atoms with Gasteiger partial charge >= 0.3 is 0 Å². The molecule has 0 amide bonds. The summed E-state index contributed by atoms with van der Waals surface area (Å²) in [5.41, 5.74) is 1.23. The predicted molar refractivity (Wildman–Crippen MR) is 61.7 cm³/mol. The van der Waals surface area contributed by atoms with Crippen LogP contribution in [-0.4, -0.2) is 17.8 Å². The van der Waals surface area contributed by atoms with Gasteiger partial charge in [-0.05, 0) is 12.7 Å². The topological polar surface area (TPSA) is 12.4 Å². The molecule has 2 heteroatoms. The molecule has 1 rings (SSSR count). The molecule has 1 aromatic carbocycles. The Balaban J connectivity index is 2.78. The van der Waals surface area contributed by atoms with Gasteiger partial charge in [-0.25, -0.2) is 0 Å². The summed E-state index contributed by atoms with van der Waals surface area (Å²) < 4.78 is 0. The van der Waals surface area contributed by atoms with Crippen molar-refractivity contribution in [2.24, 2.45) is 4.99 Å². The van der Waals surface area contributed by atoms with Crippen LogP contribution in [0.1, 0.15) is 18.9 Å². The summed E-state index contributed by atoms with van der Waals surface area (Å²) in [6, 6.07) is 10.3. The van der Waals surface area contributed by atoms with Crippen molar-refractivity contribution in [1.29, 1.82) is 0 Å². The van der Waals surface area contributed by atoms with E-state index in [4.69, 9.17) is 0 Å². The lowest BCUT2D eigenvalue weighted by Gasteiger charge is -2.02. The zero-order chi connectivity index (χ0) is 9.52. The van der Waals surface area contributed by atoms with E-state index in [0.717, 1.165) is 18.0 Å². The zero-order valence-corrected chi connectivity index (χ0v) is 8.97. The van der Waals surface area contributed by atoms with E-state index in [1.807, 2.05) is 18.2 Å². The number of aliphatic imine (C=N–C) groups is 1. The van der Waals surface area contributed by atoms with Crippen molar-refractivity contribution in [3.63, 3.8) is 0 Å². The van der Waals surface area contributed by atoms with Crippen LogP contribution < -0.4 is 0 Å². The third kappa shape index (κ3) is 3.23. The number of rotatable bonds is 3. The first-order chi connectivity index (χ1) is 6.38. The molecule has 0 aliphatic heterocycles. The standard InChI is InChI=1S/C11H15NS/c1-3-9-12-11(13-2)10-7-5-4-6-8-10/h4-8H,3,9H2,1-2H3. The molecule has 0 saturated carbocycles. The zero-order valence-electron chi connectivity index (χ0n) is 8.16. The highest BCUT2D eigenvalue weighted by Gasteiger charge is 1.98. The maximum absolute atomic E-state index is 4.51. The van der Waals surface area contributed by atoms with Crippen molar-refractivity contribution in [3.8, 4) is 0 Å². The second-order valence-electron chi connectivity index (χ2n) is 2.76. The van der Waals surface area contributed by atoms with Gasteiger partial charge in [0.2, 0.25) is 0 Å². The van der Waals surface area contributed by atoms with Crippen molar-refractivity contribution >= 4 is 16.8 Å². The minimum absolute atomic E-state index is 0.922. The first kappa shape index (κ1) is 10.3. The van der Waals surface area contributed by atoms with Gasteiger partial charge in [0.25, 0.3) is 0 Å². The maximum atomic E-state index is 4.51. The smallest absolute Gasteiger partial charge is 0.0974 e. The number of benzene rings is 1. The van der Waals surface area contributed by atoms with E-state index in [9.17, 15) is 0 Å². The summed E-state index contributed by atoms with van der Waals surface area (Å²) in [5.74, 6) is 0. The molecule has 0 radical (unpaired) electrons. The Morgan fingerprint density at radius 2 is 2.00 bits per heavy atom. The Labute approximate surface area is 84.3 Å². The molecule has 70 valence electrons. The average molecular weight is 193 g/mol. The fourth-order valence-corrected chi connectivity index (χ4v) is 1.66. The summed E-state index contributed by atoms with van der Waals surface area (Å²) in [4.78, 5) is 4.51. The minimum atomic E-state index is 0.922. The van der Waals surface area contributed by atoms with Crippen LogP contribution in [0.5, 0.6) is 0 Å². The monoisotopic (exact) mass is 193 g/mol. The lowest BCUT2D eigenvalue weighted by Crippen LogP contribution is -1.95. The largest absolute Gasteiger partial charge is 0.278 e. The molecule has 0 spiro atoms. The molecule has 0 bridgehead atoms. The number of hydrogen-bond donors (Lipinski definition) is 0. The highest BCUT2D eigenvalue weighted by atomic mass is 32.2. The van der Waals surface area contributed by atoms with Crippen molar-refractivity contribution in [2.75, 3.05) is 12.8 Å². The molecule has 1 aromatic rings. The molecule has 0 N–H and O–H groups in total. The number of thioether (sulfide) groups is 1. The summed E-state index contributed by atoms with van der Waals surface area (Å²) in [5, 5.41) is 1.14. The molecule has 0 unspecified atom stereocenters. The van der Waals surface area contributed by atoms with Crippen LogP contribution in [0.15, 0.2) is 35.3 Å². The highest BCUT2D eigenvalue weighted by Crippen LogP contribution is 2.10. The van der Waals surface area contributed by atoms with Crippen molar-refractivity contribution < 1.29 is 0 Å². The fraction of sp³-hybridized carbons (Fsp3) is 0.364. The third-order valence-electron chi connectivity index (χ3n) is 1.69. The molecular formula is C11H15NS.